The molecular formula is C12H3Br5O. The van der Waals surface area contributed by atoms with Crippen molar-refractivity contribution in [1.29, 1.82) is 0 Å². The summed E-state index contributed by atoms with van der Waals surface area (Å²) >= 11 is 17.8. The summed E-state index contributed by atoms with van der Waals surface area (Å²) in [6.45, 7) is 0. The molecule has 0 radical (unpaired) electrons. The Bertz CT molecular complexity index is 790. The topological polar surface area (TPSA) is 13.1 Å². The van der Waals surface area contributed by atoms with E-state index in [2.05, 4.69) is 79.6 Å². The predicted molar refractivity (Wildman–Crippen MR) is 92.2 cm³/mol. The van der Waals surface area contributed by atoms with Crippen molar-refractivity contribution < 1.29 is 4.42 Å². The van der Waals surface area contributed by atoms with Gasteiger partial charge in [0, 0.05) is 28.7 Å². The van der Waals surface area contributed by atoms with Crippen LogP contribution in [0, 0.1) is 0 Å². The molecule has 3 rings (SSSR count). The lowest BCUT2D eigenvalue weighted by Gasteiger charge is -2.02. The number of fused-ring (bicyclic) bond motifs is 3. The van der Waals surface area contributed by atoms with Crippen LogP contribution in [0.4, 0.5) is 0 Å². The van der Waals surface area contributed by atoms with E-state index >= 15 is 0 Å². The van der Waals surface area contributed by atoms with E-state index in [9.17, 15) is 0 Å². The third-order valence-electron chi connectivity index (χ3n) is 2.65. The zero-order valence-corrected chi connectivity index (χ0v) is 16.5. The van der Waals surface area contributed by atoms with Crippen molar-refractivity contribution in [2.75, 3.05) is 0 Å². The molecule has 0 bridgehead atoms. The van der Waals surface area contributed by atoms with E-state index in [-0.39, 0.29) is 0 Å². The van der Waals surface area contributed by atoms with Crippen molar-refractivity contribution in [2.24, 2.45) is 0 Å². The maximum atomic E-state index is 5.91. The Morgan fingerprint density at radius 1 is 0.722 bits per heavy atom. The van der Waals surface area contributed by atoms with Crippen molar-refractivity contribution >= 4 is 102 Å². The SMILES string of the molecule is Brc1ccc2oc3c(Br)cc(Br)c(Br)c3c2c1Br. The maximum absolute atomic E-state index is 5.91. The minimum absolute atomic E-state index is 0.832. The quantitative estimate of drug-likeness (QED) is 0.260. The first-order chi connectivity index (χ1) is 8.50. The van der Waals surface area contributed by atoms with Crippen LogP contribution in [0.1, 0.15) is 0 Å². The van der Waals surface area contributed by atoms with Gasteiger partial charge in [-0.3, -0.25) is 0 Å². The average molecular weight is 563 g/mol. The first kappa shape index (κ1) is 13.6. The number of furan rings is 1. The van der Waals surface area contributed by atoms with E-state index < -0.39 is 0 Å². The smallest absolute Gasteiger partial charge is 0.150 e. The highest BCUT2D eigenvalue weighted by Gasteiger charge is 2.18. The first-order valence-corrected chi connectivity index (χ1v) is 8.81. The van der Waals surface area contributed by atoms with Gasteiger partial charge in [-0.1, -0.05) is 0 Å². The van der Waals surface area contributed by atoms with Gasteiger partial charge in [-0.15, -0.1) is 0 Å². The Kier molecular flexibility index (Phi) is 3.69. The van der Waals surface area contributed by atoms with Gasteiger partial charge in [-0.2, -0.15) is 0 Å². The van der Waals surface area contributed by atoms with Crippen LogP contribution in [0.25, 0.3) is 21.9 Å². The van der Waals surface area contributed by atoms with Crippen LogP contribution in [0.15, 0.2) is 45.0 Å². The molecule has 0 unspecified atom stereocenters. The van der Waals surface area contributed by atoms with Crippen LogP contribution < -0.4 is 0 Å². The van der Waals surface area contributed by atoms with E-state index in [1.165, 1.54) is 0 Å². The van der Waals surface area contributed by atoms with Gasteiger partial charge in [0.1, 0.15) is 5.58 Å². The summed E-state index contributed by atoms with van der Waals surface area (Å²) < 4.78 is 10.8. The van der Waals surface area contributed by atoms with Crippen LogP contribution >= 0.6 is 79.6 Å². The summed E-state index contributed by atoms with van der Waals surface area (Å²) in [4.78, 5) is 0. The largest absolute Gasteiger partial charge is 0.455 e. The monoisotopic (exact) mass is 558 g/mol. The van der Waals surface area contributed by atoms with E-state index in [1.54, 1.807) is 0 Å². The van der Waals surface area contributed by atoms with Gasteiger partial charge in [0.05, 0.1) is 4.47 Å². The fraction of sp³-hybridized carbons (Fsp3) is 0. The van der Waals surface area contributed by atoms with Gasteiger partial charge in [0.2, 0.25) is 0 Å². The number of hydrogen-bond donors (Lipinski definition) is 0. The van der Waals surface area contributed by atoms with Crippen molar-refractivity contribution in [2.45, 2.75) is 0 Å². The van der Waals surface area contributed by atoms with Gasteiger partial charge in [0.25, 0.3) is 0 Å². The molecule has 1 heterocycles. The Labute approximate surface area is 145 Å². The lowest BCUT2D eigenvalue weighted by atomic mass is 10.1. The Balaban J connectivity index is 2.68. The summed E-state index contributed by atoms with van der Waals surface area (Å²) in [5.74, 6) is 0. The molecule has 0 aliphatic rings. The minimum atomic E-state index is 0.832. The molecular weight excluding hydrogens is 560 g/mol. The van der Waals surface area contributed by atoms with Crippen LogP contribution in [-0.4, -0.2) is 0 Å². The summed E-state index contributed by atoms with van der Waals surface area (Å²) in [5, 5.41) is 2.09. The van der Waals surface area contributed by atoms with Gasteiger partial charge >= 0.3 is 0 Å². The number of rotatable bonds is 0. The molecule has 0 N–H and O–H groups in total. The van der Waals surface area contributed by atoms with Gasteiger partial charge in [-0.25, -0.2) is 0 Å². The Hall–Kier alpha value is 0.640. The number of halogens is 5. The van der Waals surface area contributed by atoms with Gasteiger partial charge in [-0.05, 0) is 97.8 Å². The molecule has 0 saturated heterocycles. The summed E-state index contributed by atoms with van der Waals surface area (Å²) in [6, 6.07) is 5.89. The number of hydrogen-bond acceptors (Lipinski definition) is 1. The molecule has 0 fully saturated rings. The standard InChI is InChI=1S/C12H3Br5O/c13-4-1-2-7-8(10(4)16)9-11(17)5(14)3-6(15)12(9)18-7/h1-3H. The van der Waals surface area contributed by atoms with Crippen LogP contribution in [-0.2, 0) is 0 Å². The molecule has 0 saturated carbocycles. The molecule has 6 heteroatoms. The van der Waals surface area contributed by atoms with Gasteiger partial charge in [0.15, 0.2) is 5.58 Å². The van der Waals surface area contributed by atoms with E-state index in [1.807, 2.05) is 18.2 Å². The Morgan fingerprint density at radius 2 is 1.39 bits per heavy atom. The molecule has 0 atom stereocenters. The van der Waals surface area contributed by atoms with Crippen molar-refractivity contribution in [3.63, 3.8) is 0 Å². The average Bonchev–Trinajstić information content (AvgIpc) is 2.72. The third kappa shape index (κ3) is 1.95. The van der Waals surface area contributed by atoms with Crippen molar-refractivity contribution in [3.8, 4) is 0 Å². The zero-order valence-electron chi connectivity index (χ0n) is 8.53. The molecule has 0 aliphatic heterocycles. The highest BCUT2D eigenvalue weighted by atomic mass is 79.9. The maximum Gasteiger partial charge on any atom is 0.150 e. The lowest BCUT2D eigenvalue weighted by molar-refractivity contribution is 0.666. The fourth-order valence-electron chi connectivity index (χ4n) is 1.86. The highest BCUT2D eigenvalue weighted by molar-refractivity contribution is 9.13. The third-order valence-corrected chi connectivity index (χ3v) is 7.23. The van der Waals surface area contributed by atoms with Crippen LogP contribution in [0.3, 0.4) is 0 Å². The highest BCUT2D eigenvalue weighted by Crippen LogP contribution is 2.45. The Morgan fingerprint density at radius 3 is 2.11 bits per heavy atom. The lowest BCUT2D eigenvalue weighted by Crippen LogP contribution is -1.77. The van der Waals surface area contributed by atoms with Gasteiger partial charge < -0.3 is 4.42 Å². The van der Waals surface area contributed by atoms with Crippen molar-refractivity contribution in [3.05, 3.63) is 40.6 Å². The molecule has 0 spiro atoms. The predicted octanol–water partition coefficient (Wildman–Crippen LogP) is 7.40. The number of benzene rings is 2. The zero-order chi connectivity index (χ0) is 13.0. The summed E-state index contributed by atoms with van der Waals surface area (Å²) in [7, 11) is 0. The van der Waals surface area contributed by atoms with E-state index in [0.717, 1.165) is 44.3 Å². The van der Waals surface area contributed by atoms with E-state index in [0.29, 0.717) is 0 Å². The van der Waals surface area contributed by atoms with Crippen LogP contribution in [0.5, 0.6) is 0 Å². The van der Waals surface area contributed by atoms with Crippen LogP contribution in [0.2, 0.25) is 0 Å². The molecule has 0 aliphatic carbocycles. The second-order valence-electron chi connectivity index (χ2n) is 3.69. The molecule has 1 nitrogen and oxygen atoms in total. The summed E-state index contributed by atoms with van der Waals surface area (Å²) in [5.41, 5.74) is 1.68. The minimum Gasteiger partial charge on any atom is -0.455 e. The first-order valence-electron chi connectivity index (χ1n) is 4.84. The molecule has 92 valence electrons. The molecule has 18 heavy (non-hydrogen) atoms. The second-order valence-corrected chi connectivity index (χ2v) is 7.84. The summed E-state index contributed by atoms with van der Waals surface area (Å²) in [6.07, 6.45) is 0. The molecule has 1 aromatic heterocycles. The molecule has 2 aromatic carbocycles. The normalized spacial score (nSPS) is 11.6. The molecule has 3 aromatic rings. The fourth-order valence-corrected chi connectivity index (χ4v) is 4.45. The van der Waals surface area contributed by atoms with E-state index in [4.69, 9.17) is 4.42 Å². The second kappa shape index (κ2) is 4.88. The van der Waals surface area contributed by atoms with Crippen molar-refractivity contribution in [1.82, 2.24) is 0 Å². The molecule has 0 amide bonds.